The summed E-state index contributed by atoms with van der Waals surface area (Å²) in [5.74, 6) is 0. The van der Waals surface area contributed by atoms with Gasteiger partial charge in [-0.15, -0.1) is 11.3 Å². The van der Waals surface area contributed by atoms with E-state index in [1.165, 1.54) is 16.3 Å². The highest BCUT2D eigenvalue weighted by molar-refractivity contribution is 7.13. The first-order valence-electron chi connectivity index (χ1n) is 6.43. The number of rotatable bonds is 3. The van der Waals surface area contributed by atoms with Gasteiger partial charge in [0, 0.05) is 10.9 Å². The molecule has 0 fully saturated rings. The minimum atomic E-state index is 0.815. The van der Waals surface area contributed by atoms with Crippen LogP contribution in [0.1, 0.15) is 16.8 Å². The lowest BCUT2D eigenvalue weighted by Crippen LogP contribution is -1.92. The highest BCUT2D eigenvalue weighted by Gasteiger charge is 2.01. The van der Waals surface area contributed by atoms with Crippen molar-refractivity contribution in [3.05, 3.63) is 58.6 Å². The van der Waals surface area contributed by atoms with E-state index in [1.807, 2.05) is 18.5 Å². The number of thiazole rings is 1. The minimum absolute atomic E-state index is 0.815. The van der Waals surface area contributed by atoms with Gasteiger partial charge in [0.05, 0.1) is 11.9 Å². The Morgan fingerprint density at radius 1 is 1.10 bits per heavy atom. The molecule has 0 saturated heterocycles. The van der Waals surface area contributed by atoms with E-state index in [2.05, 4.69) is 58.8 Å². The van der Waals surface area contributed by atoms with Crippen LogP contribution in [0.3, 0.4) is 0 Å². The maximum Gasteiger partial charge on any atom is 0.203 e. The van der Waals surface area contributed by atoms with Gasteiger partial charge in [0.25, 0.3) is 0 Å². The Morgan fingerprint density at radius 2 is 1.90 bits per heavy atom. The number of hydrogen-bond donors (Lipinski definition) is 1. The number of fused-ring (bicyclic) bond motifs is 1. The average Bonchev–Trinajstić information content (AvgIpc) is 2.87. The zero-order valence-corrected chi connectivity index (χ0v) is 12.2. The lowest BCUT2D eigenvalue weighted by Gasteiger charge is -2.05. The normalized spacial score (nSPS) is 11.3. The molecule has 2 aromatic carbocycles. The van der Waals surface area contributed by atoms with Gasteiger partial charge < -0.3 is 0 Å². The van der Waals surface area contributed by atoms with E-state index < -0.39 is 0 Å². The second-order valence-electron chi connectivity index (χ2n) is 4.68. The van der Waals surface area contributed by atoms with E-state index in [0.717, 1.165) is 16.4 Å². The molecular weight excluding hydrogens is 266 g/mol. The molecule has 4 heteroatoms. The first kappa shape index (κ1) is 12.8. The van der Waals surface area contributed by atoms with Crippen molar-refractivity contribution in [2.75, 3.05) is 5.43 Å². The summed E-state index contributed by atoms with van der Waals surface area (Å²) in [4.78, 5) is 4.31. The van der Waals surface area contributed by atoms with Crippen LogP contribution < -0.4 is 5.43 Å². The Kier molecular flexibility index (Phi) is 3.48. The number of aromatic nitrogens is 1. The van der Waals surface area contributed by atoms with E-state index >= 15 is 0 Å². The van der Waals surface area contributed by atoms with Crippen molar-refractivity contribution in [3.63, 3.8) is 0 Å². The molecule has 0 bridgehead atoms. The minimum Gasteiger partial charge on any atom is -0.253 e. The molecule has 0 aliphatic carbocycles. The average molecular weight is 281 g/mol. The molecular formula is C16H15N3S. The Morgan fingerprint density at radius 3 is 2.65 bits per heavy atom. The maximum atomic E-state index is 4.31. The first-order valence-corrected chi connectivity index (χ1v) is 7.31. The van der Waals surface area contributed by atoms with Gasteiger partial charge in [-0.3, -0.25) is 5.43 Å². The second-order valence-corrected chi connectivity index (χ2v) is 5.54. The summed E-state index contributed by atoms with van der Waals surface area (Å²) in [6, 6.07) is 12.6. The largest absolute Gasteiger partial charge is 0.253 e. The fourth-order valence-corrected chi connectivity index (χ4v) is 2.78. The number of aryl methyl sites for hydroxylation is 2. The van der Waals surface area contributed by atoms with Crippen molar-refractivity contribution in [2.24, 2.45) is 5.10 Å². The van der Waals surface area contributed by atoms with Gasteiger partial charge in [0.2, 0.25) is 5.13 Å². The summed E-state index contributed by atoms with van der Waals surface area (Å²) in [6.07, 6.45) is 1.85. The molecule has 0 aliphatic rings. The number of hydrazone groups is 1. The van der Waals surface area contributed by atoms with Crippen LogP contribution in [0, 0.1) is 13.8 Å². The quantitative estimate of drug-likeness (QED) is 0.572. The van der Waals surface area contributed by atoms with Crippen molar-refractivity contribution < 1.29 is 0 Å². The monoisotopic (exact) mass is 281 g/mol. The van der Waals surface area contributed by atoms with Crippen LogP contribution in [0.25, 0.3) is 10.8 Å². The topological polar surface area (TPSA) is 37.3 Å². The number of hydrogen-bond acceptors (Lipinski definition) is 4. The van der Waals surface area contributed by atoms with E-state index in [0.29, 0.717) is 0 Å². The standard InChI is InChI=1S/C16H15N3S/c1-11-7-8-13(15-6-4-3-5-14(11)15)9-17-19-16-18-12(2)10-20-16/h3-10H,1-2H3,(H,18,19). The summed E-state index contributed by atoms with van der Waals surface area (Å²) < 4.78 is 0. The van der Waals surface area contributed by atoms with Crippen molar-refractivity contribution in [3.8, 4) is 0 Å². The van der Waals surface area contributed by atoms with Crippen molar-refractivity contribution in [2.45, 2.75) is 13.8 Å². The molecule has 0 spiro atoms. The molecule has 3 rings (SSSR count). The van der Waals surface area contributed by atoms with Crippen LogP contribution in [0.4, 0.5) is 5.13 Å². The number of anilines is 1. The van der Waals surface area contributed by atoms with Crippen molar-refractivity contribution in [1.29, 1.82) is 0 Å². The summed E-state index contributed by atoms with van der Waals surface area (Å²) in [5, 5.41) is 9.57. The van der Waals surface area contributed by atoms with Gasteiger partial charge in [0.1, 0.15) is 0 Å². The molecule has 0 radical (unpaired) electrons. The zero-order valence-electron chi connectivity index (χ0n) is 11.4. The number of nitrogens with one attached hydrogen (secondary N) is 1. The van der Waals surface area contributed by atoms with E-state index in [1.54, 1.807) is 11.3 Å². The SMILES string of the molecule is Cc1csc(NN=Cc2ccc(C)c3ccccc23)n1. The Bertz CT molecular complexity index is 774. The third-order valence-electron chi connectivity index (χ3n) is 3.16. The molecule has 3 nitrogen and oxygen atoms in total. The van der Waals surface area contributed by atoms with Gasteiger partial charge in [0.15, 0.2) is 0 Å². The van der Waals surface area contributed by atoms with Gasteiger partial charge in [-0.1, -0.05) is 36.4 Å². The first-order chi connectivity index (χ1) is 9.74. The molecule has 100 valence electrons. The van der Waals surface area contributed by atoms with Crippen LogP contribution in [0.2, 0.25) is 0 Å². The van der Waals surface area contributed by atoms with Gasteiger partial charge in [-0.25, -0.2) is 4.98 Å². The van der Waals surface area contributed by atoms with Gasteiger partial charge in [-0.2, -0.15) is 5.10 Å². The van der Waals surface area contributed by atoms with Crippen LogP contribution in [0.5, 0.6) is 0 Å². The summed E-state index contributed by atoms with van der Waals surface area (Å²) >= 11 is 1.55. The summed E-state index contributed by atoms with van der Waals surface area (Å²) in [7, 11) is 0. The fraction of sp³-hybridized carbons (Fsp3) is 0.125. The van der Waals surface area contributed by atoms with Crippen LogP contribution in [-0.2, 0) is 0 Å². The second kappa shape index (κ2) is 5.43. The molecule has 1 heterocycles. The predicted octanol–water partition coefficient (Wildman–Crippen LogP) is 4.36. The van der Waals surface area contributed by atoms with E-state index in [4.69, 9.17) is 0 Å². The smallest absolute Gasteiger partial charge is 0.203 e. The number of nitrogens with zero attached hydrogens (tertiary/aromatic N) is 2. The van der Waals surface area contributed by atoms with Crippen LogP contribution in [0.15, 0.2) is 46.9 Å². The lowest BCUT2D eigenvalue weighted by molar-refractivity contribution is 1.22. The summed E-state index contributed by atoms with van der Waals surface area (Å²) in [6.45, 7) is 4.10. The third-order valence-corrected chi connectivity index (χ3v) is 4.02. The van der Waals surface area contributed by atoms with E-state index in [9.17, 15) is 0 Å². The molecule has 3 aromatic rings. The Labute approximate surface area is 122 Å². The molecule has 0 atom stereocenters. The number of benzene rings is 2. The molecule has 1 aromatic heterocycles. The maximum absolute atomic E-state index is 4.31. The van der Waals surface area contributed by atoms with Crippen molar-refractivity contribution in [1.82, 2.24) is 4.98 Å². The predicted molar refractivity (Wildman–Crippen MR) is 86.8 cm³/mol. The zero-order chi connectivity index (χ0) is 13.9. The van der Waals surface area contributed by atoms with Gasteiger partial charge >= 0.3 is 0 Å². The van der Waals surface area contributed by atoms with Crippen LogP contribution >= 0.6 is 11.3 Å². The fourth-order valence-electron chi connectivity index (χ4n) is 2.15. The molecule has 0 amide bonds. The van der Waals surface area contributed by atoms with Gasteiger partial charge in [-0.05, 0) is 30.2 Å². The summed E-state index contributed by atoms with van der Waals surface area (Å²) in [5.41, 5.74) is 6.36. The highest BCUT2D eigenvalue weighted by Crippen LogP contribution is 2.21. The molecule has 0 unspecified atom stereocenters. The molecule has 0 aliphatic heterocycles. The Balaban J connectivity index is 1.89. The lowest BCUT2D eigenvalue weighted by atomic mass is 10.0. The van der Waals surface area contributed by atoms with E-state index in [-0.39, 0.29) is 0 Å². The highest BCUT2D eigenvalue weighted by atomic mass is 32.1. The Hall–Kier alpha value is -2.20. The third kappa shape index (κ3) is 2.56. The van der Waals surface area contributed by atoms with Crippen molar-refractivity contribution >= 4 is 33.5 Å². The molecule has 1 N–H and O–H groups in total. The molecule has 20 heavy (non-hydrogen) atoms. The molecule has 0 saturated carbocycles. The van der Waals surface area contributed by atoms with Crippen LogP contribution in [-0.4, -0.2) is 11.2 Å².